The number of aromatic hydroxyl groups is 1. The van der Waals surface area contributed by atoms with Crippen LogP contribution in [0.4, 0.5) is 19.0 Å². The number of fused-ring (bicyclic) bond motifs is 1. The molecule has 3 aromatic rings. The van der Waals surface area contributed by atoms with Crippen molar-refractivity contribution < 1.29 is 18.3 Å². The smallest absolute Gasteiger partial charge is 0.416 e. The van der Waals surface area contributed by atoms with E-state index in [0.717, 1.165) is 25.6 Å². The Hall–Kier alpha value is -2.88. The first-order chi connectivity index (χ1) is 13.3. The Kier molecular flexibility index (Phi) is 4.37. The van der Waals surface area contributed by atoms with E-state index in [1.54, 1.807) is 16.8 Å². The highest BCUT2D eigenvalue weighted by Crippen LogP contribution is 2.36. The second-order valence-electron chi connectivity index (χ2n) is 7.01. The standard InChI is InChI=1S/C18H19F3N6O/c1-25-7-5-12(10-25)26(2)17-16-22-6-8-27(16)15(23-24-17)13-4-3-11(9-14(13)28)18(19,20)21/h3-4,6,8-9,12,28H,5,7,10H2,1-2H3. The number of anilines is 1. The van der Waals surface area contributed by atoms with Gasteiger partial charge < -0.3 is 14.9 Å². The largest absolute Gasteiger partial charge is 0.507 e. The van der Waals surface area contributed by atoms with E-state index in [-0.39, 0.29) is 17.4 Å². The van der Waals surface area contributed by atoms with Crippen molar-refractivity contribution in [2.45, 2.75) is 18.6 Å². The van der Waals surface area contributed by atoms with Crippen molar-refractivity contribution in [3.05, 3.63) is 36.2 Å². The molecule has 4 rings (SSSR count). The van der Waals surface area contributed by atoms with Crippen molar-refractivity contribution in [1.82, 2.24) is 24.5 Å². The van der Waals surface area contributed by atoms with Gasteiger partial charge in [-0.15, -0.1) is 10.2 Å². The fourth-order valence-electron chi connectivity index (χ4n) is 3.54. The number of rotatable bonds is 3. The molecule has 0 bridgehead atoms. The number of likely N-dealkylation sites (N-methyl/N-ethyl adjacent to an activating group) is 2. The van der Waals surface area contributed by atoms with E-state index in [4.69, 9.17) is 0 Å². The van der Waals surface area contributed by atoms with Crippen LogP contribution in [0.1, 0.15) is 12.0 Å². The van der Waals surface area contributed by atoms with Gasteiger partial charge >= 0.3 is 6.18 Å². The molecule has 1 fully saturated rings. The first-order valence-corrected chi connectivity index (χ1v) is 8.77. The number of aromatic nitrogens is 4. The SMILES string of the molecule is CN1CCC(N(C)c2nnc(-c3ccc(C(F)(F)F)cc3O)n3ccnc23)C1. The molecule has 1 aromatic carbocycles. The van der Waals surface area contributed by atoms with Crippen LogP contribution in [0.5, 0.6) is 5.75 Å². The first-order valence-electron chi connectivity index (χ1n) is 8.77. The van der Waals surface area contributed by atoms with Gasteiger partial charge in [-0.1, -0.05) is 0 Å². The highest BCUT2D eigenvalue weighted by Gasteiger charge is 2.32. The number of likely N-dealkylation sites (tertiary alicyclic amines) is 1. The molecule has 0 spiro atoms. The normalized spacial score (nSPS) is 18.1. The summed E-state index contributed by atoms with van der Waals surface area (Å²) < 4.78 is 40.2. The summed E-state index contributed by atoms with van der Waals surface area (Å²) in [5.41, 5.74) is -0.245. The second-order valence-corrected chi connectivity index (χ2v) is 7.01. The molecular weight excluding hydrogens is 373 g/mol. The number of phenolic OH excluding ortho intramolecular Hbond substituents is 1. The van der Waals surface area contributed by atoms with Crippen LogP contribution in [-0.2, 0) is 6.18 Å². The summed E-state index contributed by atoms with van der Waals surface area (Å²) in [5.74, 6) is 0.289. The zero-order valence-corrected chi connectivity index (χ0v) is 15.3. The van der Waals surface area contributed by atoms with Crippen LogP contribution in [-0.4, -0.2) is 62.8 Å². The number of phenols is 1. The van der Waals surface area contributed by atoms with E-state index >= 15 is 0 Å². The molecule has 0 saturated carbocycles. The lowest BCUT2D eigenvalue weighted by atomic mass is 10.1. The predicted octanol–water partition coefficient (Wildman–Crippen LogP) is 2.66. The van der Waals surface area contributed by atoms with Crippen molar-refractivity contribution in [3.63, 3.8) is 0 Å². The summed E-state index contributed by atoms with van der Waals surface area (Å²) in [6.45, 7) is 1.89. The summed E-state index contributed by atoms with van der Waals surface area (Å²) in [6, 6.07) is 3.06. The Morgan fingerprint density at radius 1 is 1.25 bits per heavy atom. The van der Waals surface area contributed by atoms with E-state index in [9.17, 15) is 18.3 Å². The van der Waals surface area contributed by atoms with Gasteiger partial charge in [-0.2, -0.15) is 13.2 Å². The minimum atomic E-state index is -4.53. The van der Waals surface area contributed by atoms with Crippen LogP contribution in [0.3, 0.4) is 0 Å². The maximum absolute atomic E-state index is 12.9. The van der Waals surface area contributed by atoms with Crippen LogP contribution in [0.25, 0.3) is 17.0 Å². The van der Waals surface area contributed by atoms with Crippen LogP contribution in [0.15, 0.2) is 30.6 Å². The van der Waals surface area contributed by atoms with Crippen molar-refractivity contribution in [2.75, 3.05) is 32.1 Å². The molecule has 1 atom stereocenters. The highest BCUT2D eigenvalue weighted by molar-refractivity contribution is 5.71. The van der Waals surface area contributed by atoms with Gasteiger partial charge in [0, 0.05) is 32.0 Å². The van der Waals surface area contributed by atoms with Gasteiger partial charge in [0.2, 0.25) is 0 Å². The average molecular weight is 392 g/mol. The zero-order chi connectivity index (χ0) is 20.1. The Morgan fingerprint density at radius 2 is 2.04 bits per heavy atom. The molecule has 7 nitrogen and oxygen atoms in total. The second kappa shape index (κ2) is 6.62. The van der Waals surface area contributed by atoms with Gasteiger partial charge in [-0.3, -0.25) is 4.40 Å². The summed E-state index contributed by atoms with van der Waals surface area (Å²) in [4.78, 5) is 8.60. The van der Waals surface area contributed by atoms with Crippen LogP contribution < -0.4 is 4.90 Å². The van der Waals surface area contributed by atoms with E-state index < -0.39 is 17.5 Å². The molecule has 148 valence electrons. The number of hydrogen-bond donors (Lipinski definition) is 1. The van der Waals surface area contributed by atoms with E-state index in [1.807, 2.05) is 11.9 Å². The third kappa shape index (κ3) is 3.13. The van der Waals surface area contributed by atoms with Crippen molar-refractivity contribution in [1.29, 1.82) is 0 Å². The molecule has 3 heterocycles. The number of benzene rings is 1. The summed E-state index contributed by atoms with van der Waals surface area (Å²) in [6.07, 6.45) is -0.327. The maximum atomic E-state index is 12.9. The van der Waals surface area contributed by atoms with Gasteiger partial charge in [0.1, 0.15) is 5.75 Å². The Balaban J connectivity index is 1.76. The Labute approximate surface area is 159 Å². The van der Waals surface area contributed by atoms with E-state index in [2.05, 4.69) is 27.1 Å². The molecule has 0 aliphatic carbocycles. The van der Waals surface area contributed by atoms with Crippen molar-refractivity contribution in [3.8, 4) is 17.1 Å². The summed E-state index contributed by atoms with van der Waals surface area (Å²) in [5, 5.41) is 18.6. The molecule has 1 saturated heterocycles. The van der Waals surface area contributed by atoms with Crippen LogP contribution in [0.2, 0.25) is 0 Å². The fraction of sp³-hybridized carbons (Fsp3) is 0.389. The molecule has 10 heteroatoms. The lowest BCUT2D eigenvalue weighted by molar-refractivity contribution is -0.137. The highest BCUT2D eigenvalue weighted by atomic mass is 19.4. The topological polar surface area (TPSA) is 69.8 Å². The molecule has 1 N–H and O–H groups in total. The van der Waals surface area contributed by atoms with Gasteiger partial charge in [0.15, 0.2) is 17.3 Å². The quantitative estimate of drug-likeness (QED) is 0.739. The first kappa shape index (κ1) is 18.5. The zero-order valence-electron chi connectivity index (χ0n) is 15.3. The number of alkyl halides is 3. The van der Waals surface area contributed by atoms with Crippen LogP contribution >= 0.6 is 0 Å². The molecule has 0 amide bonds. The lowest BCUT2D eigenvalue weighted by Gasteiger charge is -2.25. The lowest BCUT2D eigenvalue weighted by Crippen LogP contribution is -2.35. The van der Waals surface area contributed by atoms with Crippen LogP contribution in [0, 0.1) is 0 Å². The molecule has 1 unspecified atom stereocenters. The summed E-state index contributed by atoms with van der Waals surface area (Å²) in [7, 11) is 3.99. The Bertz CT molecular complexity index is 1020. The molecule has 28 heavy (non-hydrogen) atoms. The maximum Gasteiger partial charge on any atom is 0.416 e. The Morgan fingerprint density at radius 3 is 2.68 bits per heavy atom. The number of imidazole rings is 1. The third-order valence-corrected chi connectivity index (χ3v) is 5.12. The van der Waals surface area contributed by atoms with Gasteiger partial charge in [-0.05, 0) is 38.2 Å². The van der Waals surface area contributed by atoms with Gasteiger partial charge in [0.25, 0.3) is 0 Å². The molecule has 1 aliphatic heterocycles. The van der Waals surface area contributed by atoms with Crippen molar-refractivity contribution >= 4 is 11.5 Å². The monoisotopic (exact) mass is 392 g/mol. The van der Waals surface area contributed by atoms with Crippen molar-refractivity contribution in [2.24, 2.45) is 0 Å². The minimum Gasteiger partial charge on any atom is -0.507 e. The fourth-order valence-corrected chi connectivity index (χ4v) is 3.54. The van der Waals surface area contributed by atoms with Gasteiger partial charge in [0.05, 0.1) is 11.1 Å². The number of nitrogens with zero attached hydrogens (tertiary/aromatic N) is 6. The average Bonchev–Trinajstić information content (AvgIpc) is 3.29. The molecule has 0 radical (unpaired) electrons. The number of halogens is 3. The molecule has 2 aromatic heterocycles. The molecule has 1 aliphatic rings. The van der Waals surface area contributed by atoms with E-state index in [1.165, 1.54) is 6.07 Å². The van der Waals surface area contributed by atoms with E-state index in [0.29, 0.717) is 17.5 Å². The van der Waals surface area contributed by atoms with Gasteiger partial charge in [-0.25, -0.2) is 4.98 Å². The minimum absolute atomic E-state index is 0.151. The third-order valence-electron chi connectivity index (χ3n) is 5.12. The number of hydrogen-bond acceptors (Lipinski definition) is 6. The molecular formula is C18H19F3N6O. The summed E-state index contributed by atoms with van der Waals surface area (Å²) >= 11 is 0. The predicted molar refractivity (Wildman–Crippen MR) is 97.2 cm³/mol.